The van der Waals surface area contributed by atoms with E-state index in [1.165, 1.54) is 4.90 Å². The number of amides is 2. The van der Waals surface area contributed by atoms with Gasteiger partial charge in [0, 0.05) is 18.5 Å². The Bertz CT molecular complexity index is 292. The molecule has 0 aliphatic carbocycles. The molecule has 1 saturated heterocycles. The minimum Gasteiger partial charge on any atom is -0.278 e. The molecule has 3 heteroatoms. The van der Waals surface area contributed by atoms with Crippen molar-refractivity contribution in [3.05, 3.63) is 24.3 Å². The molecule has 1 aliphatic rings. The molecule has 1 aliphatic heterocycles. The van der Waals surface area contributed by atoms with Crippen molar-refractivity contribution in [1.82, 2.24) is 4.90 Å². The SMILES string of the molecule is C=CCCC(=O)N1CC/C(=C/C)C1=O. The maximum Gasteiger partial charge on any atom is 0.256 e. The molecule has 0 aromatic carbocycles. The van der Waals surface area contributed by atoms with E-state index in [4.69, 9.17) is 0 Å². The number of hydrogen-bond donors (Lipinski definition) is 0. The fraction of sp³-hybridized carbons (Fsp3) is 0.455. The van der Waals surface area contributed by atoms with Crippen molar-refractivity contribution in [2.75, 3.05) is 6.54 Å². The molecule has 0 N–H and O–H groups in total. The molecule has 0 unspecified atom stereocenters. The third kappa shape index (κ3) is 2.10. The molecule has 76 valence electrons. The zero-order valence-corrected chi connectivity index (χ0v) is 8.45. The summed E-state index contributed by atoms with van der Waals surface area (Å²) in [6.07, 6.45) is 5.17. The monoisotopic (exact) mass is 193 g/mol. The zero-order chi connectivity index (χ0) is 10.6. The van der Waals surface area contributed by atoms with Gasteiger partial charge in [-0.15, -0.1) is 6.58 Å². The first-order valence-corrected chi connectivity index (χ1v) is 4.81. The van der Waals surface area contributed by atoms with Crippen molar-refractivity contribution in [3.8, 4) is 0 Å². The minimum atomic E-state index is -0.124. The van der Waals surface area contributed by atoms with Gasteiger partial charge in [0.15, 0.2) is 0 Å². The lowest BCUT2D eigenvalue weighted by Crippen LogP contribution is -2.31. The van der Waals surface area contributed by atoms with E-state index in [1.54, 1.807) is 12.2 Å². The predicted octanol–water partition coefficient (Wildman–Crippen LogP) is 1.66. The van der Waals surface area contributed by atoms with Gasteiger partial charge in [-0.25, -0.2) is 0 Å². The highest BCUT2D eigenvalue weighted by Gasteiger charge is 2.29. The van der Waals surface area contributed by atoms with Crippen LogP contribution in [0.15, 0.2) is 24.3 Å². The van der Waals surface area contributed by atoms with E-state index in [2.05, 4.69) is 6.58 Å². The Morgan fingerprint density at radius 1 is 1.64 bits per heavy atom. The van der Waals surface area contributed by atoms with Crippen LogP contribution >= 0.6 is 0 Å². The van der Waals surface area contributed by atoms with Crippen molar-refractivity contribution >= 4 is 11.8 Å². The number of hydrogen-bond acceptors (Lipinski definition) is 2. The van der Waals surface area contributed by atoms with Gasteiger partial charge < -0.3 is 0 Å². The Labute approximate surface area is 84.1 Å². The third-order valence-corrected chi connectivity index (χ3v) is 2.34. The zero-order valence-electron chi connectivity index (χ0n) is 8.45. The second kappa shape index (κ2) is 4.74. The predicted molar refractivity (Wildman–Crippen MR) is 54.5 cm³/mol. The summed E-state index contributed by atoms with van der Waals surface area (Å²) in [5.41, 5.74) is 0.747. The molecule has 0 spiro atoms. The highest BCUT2D eigenvalue weighted by atomic mass is 16.2. The van der Waals surface area contributed by atoms with Crippen LogP contribution in [0.2, 0.25) is 0 Å². The molecule has 3 nitrogen and oxygen atoms in total. The molecule has 1 fully saturated rings. The van der Waals surface area contributed by atoms with Gasteiger partial charge in [0.05, 0.1) is 0 Å². The molecule has 0 aromatic heterocycles. The average Bonchev–Trinajstić information content (AvgIpc) is 2.56. The lowest BCUT2D eigenvalue weighted by atomic mass is 10.2. The summed E-state index contributed by atoms with van der Waals surface area (Å²) in [5.74, 6) is -0.215. The third-order valence-electron chi connectivity index (χ3n) is 2.34. The molecule has 14 heavy (non-hydrogen) atoms. The topological polar surface area (TPSA) is 37.4 Å². The molecule has 0 saturated carbocycles. The average molecular weight is 193 g/mol. The molecule has 0 aromatic rings. The maximum atomic E-state index is 11.6. The van der Waals surface area contributed by atoms with E-state index in [9.17, 15) is 9.59 Å². The van der Waals surface area contributed by atoms with Crippen LogP contribution in [-0.2, 0) is 9.59 Å². The van der Waals surface area contributed by atoms with E-state index >= 15 is 0 Å². The van der Waals surface area contributed by atoms with Gasteiger partial charge in [-0.05, 0) is 19.8 Å². The van der Waals surface area contributed by atoms with Crippen LogP contribution in [-0.4, -0.2) is 23.3 Å². The number of likely N-dealkylation sites (tertiary alicyclic amines) is 1. The van der Waals surface area contributed by atoms with Gasteiger partial charge in [-0.3, -0.25) is 14.5 Å². The van der Waals surface area contributed by atoms with Crippen LogP contribution in [0.5, 0.6) is 0 Å². The fourth-order valence-corrected chi connectivity index (χ4v) is 1.48. The van der Waals surface area contributed by atoms with Gasteiger partial charge in [0.2, 0.25) is 5.91 Å². The molecule has 2 amide bonds. The number of nitrogens with zero attached hydrogens (tertiary/aromatic N) is 1. The molecule has 1 rings (SSSR count). The van der Waals surface area contributed by atoms with Gasteiger partial charge in [0.1, 0.15) is 0 Å². The van der Waals surface area contributed by atoms with Crippen LogP contribution < -0.4 is 0 Å². The summed E-state index contributed by atoms with van der Waals surface area (Å²) < 4.78 is 0. The van der Waals surface area contributed by atoms with Crippen LogP contribution in [0.25, 0.3) is 0 Å². The summed E-state index contributed by atoms with van der Waals surface area (Å²) in [7, 11) is 0. The van der Waals surface area contributed by atoms with E-state index in [-0.39, 0.29) is 11.8 Å². The van der Waals surface area contributed by atoms with Gasteiger partial charge in [-0.1, -0.05) is 12.2 Å². The highest BCUT2D eigenvalue weighted by Crippen LogP contribution is 2.17. The molecular weight excluding hydrogens is 178 g/mol. The van der Waals surface area contributed by atoms with Gasteiger partial charge in [-0.2, -0.15) is 0 Å². The van der Waals surface area contributed by atoms with E-state index in [0.29, 0.717) is 25.8 Å². The Balaban J connectivity index is 2.59. The lowest BCUT2D eigenvalue weighted by Gasteiger charge is -2.11. The van der Waals surface area contributed by atoms with Crippen molar-refractivity contribution in [2.24, 2.45) is 0 Å². The number of imide groups is 1. The van der Waals surface area contributed by atoms with Gasteiger partial charge >= 0.3 is 0 Å². The number of carbonyl (C=O) groups excluding carboxylic acids is 2. The molecule has 0 atom stereocenters. The standard InChI is InChI=1S/C11H15NO2/c1-3-5-6-10(13)12-8-7-9(4-2)11(12)14/h3-4H,1,5-8H2,2H3/b9-4-. The van der Waals surface area contributed by atoms with Crippen LogP contribution in [0, 0.1) is 0 Å². The molecule has 1 heterocycles. The molecular formula is C11H15NO2. The Morgan fingerprint density at radius 2 is 2.36 bits per heavy atom. The van der Waals surface area contributed by atoms with E-state index < -0.39 is 0 Å². The van der Waals surface area contributed by atoms with Crippen molar-refractivity contribution in [2.45, 2.75) is 26.2 Å². The molecule has 0 radical (unpaired) electrons. The van der Waals surface area contributed by atoms with Gasteiger partial charge in [0.25, 0.3) is 5.91 Å². The highest BCUT2D eigenvalue weighted by molar-refractivity contribution is 6.06. The van der Waals surface area contributed by atoms with E-state index in [1.807, 2.05) is 6.92 Å². The Morgan fingerprint density at radius 3 is 2.86 bits per heavy atom. The van der Waals surface area contributed by atoms with Crippen molar-refractivity contribution in [1.29, 1.82) is 0 Å². The van der Waals surface area contributed by atoms with Crippen LogP contribution in [0.1, 0.15) is 26.2 Å². The fourth-order valence-electron chi connectivity index (χ4n) is 1.48. The lowest BCUT2D eigenvalue weighted by molar-refractivity contribution is -0.140. The quantitative estimate of drug-likeness (QED) is 0.505. The largest absolute Gasteiger partial charge is 0.278 e. The summed E-state index contributed by atoms with van der Waals surface area (Å²) in [6.45, 7) is 5.90. The summed E-state index contributed by atoms with van der Waals surface area (Å²) in [5, 5.41) is 0. The number of carbonyl (C=O) groups is 2. The first kappa shape index (κ1) is 10.7. The molecule has 0 bridgehead atoms. The number of allylic oxidation sites excluding steroid dienone is 2. The van der Waals surface area contributed by atoms with Crippen LogP contribution in [0.4, 0.5) is 0 Å². The second-order valence-electron chi connectivity index (χ2n) is 3.24. The Kier molecular flexibility index (Phi) is 3.63. The van der Waals surface area contributed by atoms with Crippen molar-refractivity contribution in [3.63, 3.8) is 0 Å². The normalized spacial score (nSPS) is 19.1. The number of rotatable bonds is 3. The van der Waals surface area contributed by atoms with E-state index in [0.717, 1.165) is 5.57 Å². The minimum absolute atomic E-state index is 0.0910. The summed E-state index contributed by atoms with van der Waals surface area (Å²) in [4.78, 5) is 24.4. The van der Waals surface area contributed by atoms with Crippen molar-refractivity contribution < 1.29 is 9.59 Å². The smallest absolute Gasteiger partial charge is 0.256 e. The maximum absolute atomic E-state index is 11.6. The first-order valence-electron chi connectivity index (χ1n) is 4.81. The first-order chi connectivity index (χ1) is 6.70. The Hall–Kier alpha value is -1.38. The second-order valence-corrected chi connectivity index (χ2v) is 3.24. The van der Waals surface area contributed by atoms with Crippen LogP contribution in [0.3, 0.4) is 0 Å². The summed E-state index contributed by atoms with van der Waals surface area (Å²) >= 11 is 0. The summed E-state index contributed by atoms with van der Waals surface area (Å²) in [6, 6.07) is 0.